The lowest BCUT2D eigenvalue weighted by molar-refractivity contribution is -0.390. The molecular weight excluding hydrogens is 424 g/mol. The highest BCUT2D eigenvalue weighted by atomic mass is 35.5. The van der Waals surface area contributed by atoms with E-state index in [1.165, 1.54) is 17.3 Å². The van der Waals surface area contributed by atoms with Crippen molar-refractivity contribution >= 4 is 29.0 Å². The molecule has 4 rings (SSSR count). The first-order chi connectivity index (χ1) is 14.9. The van der Waals surface area contributed by atoms with Gasteiger partial charge in [-0.15, -0.1) is 0 Å². The predicted octanol–water partition coefficient (Wildman–Crippen LogP) is 4.30. The number of hydrogen-bond acceptors (Lipinski definition) is 7. The molecule has 0 unspecified atom stereocenters. The molecule has 0 spiro atoms. The molecule has 0 saturated heterocycles. The third-order valence-electron chi connectivity index (χ3n) is 4.72. The van der Waals surface area contributed by atoms with Gasteiger partial charge in [0.05, 0.1) is 12.0 Å². The molecule has 1 aliphatic rings. The minimum absolute atomic E-state index is 0.0837. The monoisotopic (exact) mass is 440 g/mol. The summed E-state index contributed by atoms with van der Waals surface area (Å²) in [5, 5.41) is 17.6. The van der Waals surface area contributed by atoms with Crippen LogP contribution in [0.5, 0.6) is 5.75 Å². The SMILES string of the molecule is Cc1ccc(OCC(=O)N2N=C(c3ccc(Cl)cc3)C[C@H]2c2ccco2)c([N+](=O)[O-])n1. The summed E-state index contributed by atoms with van der Waals surface area (Å²) in [5.41, 5.74) is 1.99. The Morgan fingerprint density at radius 2 is 2.06 bits per heavy atom. The Labute approximate surface area is 182 Å². The Kier molecular flexibility index (Phi) is 5.68. The molecule has 0 N–H and O–H groups in total. The van der Waals surface area contributed by atoms with Crippen molar-refractivity contribution in [2.24, 2.45) is 5.10 Å². The number of rotatable bonds is 6. The lowest BCUT2D eigenvalue weighted by Crippen LogP contribution is -2.31. The zero-order valence-corrected chi connectivity index (χ0v) is 17.2. The number of ether oxygens (including phenoxy) is 1. The highest BCUT2D eigenvalue weighted by Crippen LogP contribution is 2.33. The molecule has 3 aromatic rings. The van der Waals surface area contributed by atoms with Gasteiger partial charge in [-0.05, 0) is 51.9 Å². The smallest absolute Gasteiger partial charge is 0.406 e. The molecule has 3 heterocycles. The normalized spacial score (nSPS) is 15.6. The van der Waals surface area contributed by atoms with Crippen LogP contribution in [0.1, 0.15) is 29.5 Å². The van der Waals surface area contributed by atoms with Crippen LogP contribution in [-0.2, 0) is 4.79 Å². The van der Waals surface area contributed by atoms with E-state index in [2.05, 4.69) is 10.1 Å². The van der Waals surface area contributed by atoms with Crippen LogP contribution in [0.4, 0.5) is 5.82 Å². The summed E-state index contributed by atoms with van der Waals surface area (Å²) in [7, 11) is 0. The van der Waals surface area contributed by atoms with Crippen molar-refractivity contribution < 1.29 is 18.9 Å². The van der Waals surface area contributed by atoms with E-state index in [1.807, 2.05) is 12.1 Å². The molecule has 158 valence electrons. The van der Waals surface area contributed by atoms with E-state index in [0.29, 0.717) is 28.6 Å². The maximum absolute atomic E-state index is 12.9. The molecule has 1 aliphatic heterocycles. The van der Waals surface area contributed by atoms with Crippen molar-refractivity contribution in [2.75, 3.05) is 6.61 Å². The summed E-state index contributed by atoms with van der Waals surface area (Å²) in [6.45, 7) is 1.19. The zero-order chi connectivity index (χ0) is 22.0. The van der Waals surface area contributed by atoms with Crippen LogP contribution in [-0.4, -0.2) is 33.1 Å². The van der Waals surface area contributed by atoms with Crippen LogP contribution in [0, 0.1) is 17.0 Å². The number of nitrogens with zero attached hydrogens (tertiary/aromatic N) is 4. The Bertz CT molecular complexity index is 1150. The van der Waals surface area contributed by atoms with Crippen molar-refractivity contribution in [3.8, 4) is 5.75 Å². The molecular formula is C21H17ClN4O5. The van der Waals surface area contributed by atoms with Gasteiger partial charge in [-0.1, -0.05) is 23.7 Å². The van der Waals surface area contributed by atoms with Crippen LogP contribution in [0.3, 0.4) is 0 Å². The molecule has 1 aromatic carbocycles. The lowest BCUT2D eigenvalue weighted by Gasteiger charge is -2.19. The number of carbonyl (C=O) groups excluding carboxylic acids is 1. The maximum Gasteiger partial charge on any atom is 0.406 e. The van der Waals surface area contributed by atoms with Gasteiger partial charge < -0.3 is 19.3 Å². The van der Waals surface area contributed by atoms with Gasteiger partial charge >= 0.3 is 5.82 Å². The summed E-state index contributed by atoms with van der Waals surface area (Å²) >= 11 is 5.96. The molecule has 0 saturated carbocycles. The van der Waals surface area contributed by atoms with Gasteiger partial charge in [-0.25, -0.2) is 5.01 Å². The maximum atomic E-state index is 12.9. The minimum atomic E-state index is -0.648. The summed E-state index contributed by atoms with van der Waals surface area (Å²) in [6.07, 6.45) is 1.96. The number of furan rings is 1. The fourth-order valence-corrected chi connectivity index (χ4v) is 3.36. The Morgan fingerprint density at radius 1 is 1.29 bits per heavy atom. The number of aromatic nitrogens is 1. The van der Waals surface area contributed by atoms with Crippen molar-refractivity contribution in [3.63, 3.8) is 0 Å². The molecule has 9 nitrogen and oxygen atoms in total. The average molecular weight is 441 g/mol. The predicted molar refractivity (Wildman–Crippen MR) is 112 cm³/mol. The summed E-state index contributed by atoms with van der Waals surface area (Å²) in [5.74, 6) is -0.425. The van der Waals surface area contributed by atoms with Gasteiger partial charge in [-0.3, -0.25) is 4.79 Å². The van der Waals surface area contributed by atoms with E-state index in [4.69, 9.17) is 20.8 Å². The van der Waals surface area contributed by atoms with Gasteiger partial charge in [0, 0.05) is 18.4 Å². The van der Waals surface area contributed by atoms with Gasteiger partial charge in [0.15, 0.2) is 6.61 Å². The summed E-state index contributed by atoms with van der Waals surface area (Å²) in [4.78, 5) is 27.4. The number of benzene rings is 1. The topological polar surface area (TPSA) is 111 Å². The molecule has 31 heavy (non-hydrogen) atoms. The van der Waals surface area contributed by atoms with Crippen LogP contribution in [0.15, 0.2) is 64.3 Å². The average Bonchev–Trinajstić information content (AvgIpc) is 3.43. The summed E-state index contributed by atoms with van der Waals surface area (Å²) in [6, 6.07) is 13.2. The fourth-order valence-electron chi connectivity index (χ4n) is 3.24. The quantitative estimate of drug-likeness (QED) is 0.417. The van der Waals surface area contributed by atoms with Crippen molar-refractivity contribution in [1.82, 2.24) is 9.99 Å². The number of aryl methyl sites for hydroxylation is 1. The third kappa shape index (κ3) is 4.41. The first-order valence-corrected chi connectivity index (χ1v) is 9.74. The van der Waals surface area contributed by atoms with Gasteiger partial charge in [0.1, 0.15) is 17.5 Å². The minimum Gasteiger partial charge on any atom is -0.475 e. The highest BCUT2D eigenvalue weighted by Gasteiger charge is 2.35. The highest BCUT2D eigenvalue weighted by molar-refractivity contribution is 6.30. The van der Waals surface area contributed by atoms with E-state index < -0.39 is 29.3 Å². The van der Waals surface area contributed by atoms with Gasteiger partial charge in [0.2, 0.25) is 5.75 Å². The van der Waals surface area contributed by atoms with Gasteiger partial charge in [0.25, 0.3) is 5.91 Å². The molecule has 10 heteroatoms. The van der Waals surface area contributed by atoms with Crippen LogP contribution >= 0.6 is 11.6 Å². The van der Waals surface area contributed by atoms with E-state index in [0.717, 1.165) is 5.56 Å². The second-order valence-corrected chi connectivity index (χ2v) is 7.28. The molecule has 0 bridgehead atoms. The first kappa shape index (κ1) is 20.5. The number of hydrogen-bond donors (Lipinski definition) is 0. The number of carbonyl (C=O) groups is 1. The number of hydrazone groups is 1. The zero-order valence-electron chi connectivity index (χ0n) is 16.4. The lowest BCUT2D eigenvalue weighted by atomic mass is 10.0. The van der Waals surface area contributed by atoms with Crippen molar-refractivity contribution in [2.45, 2.75) is 19.4 Å². The molecule has 1 amide bonds. The standard InChI is InChI=1S/C21H17ClN4O5/c1-13-4-9-19(21(23-13)26(28)29)31-12-20(27)25-17(18-3-2-10-30-18)11-16(24-25)14-5-7-15(22)8-6-14/h2-10,17H,11-12H2,1H3/t17-/m0/s1. The number of amides is 1. The molecule has 1 atom stereocenters. The van der Waals surface area contributed by atoms with E-state index in [9.17, 15) is 14.9 Å². The first-order valence-electron chi connectivity index (χ1n) is 9.36. The van der Waals surface area contributed by atoms with Gasteiger partial charge in [-0.2, -0.15) is 5.10 Å². The molecule has 0 fully saturated rings. The second-order valence-electron chi connectivity index (χ2n) is 6.85. The van der Waals surface area contributed by atoms with E-state index in [-0.39, 0.29) is 5.75 Å². The van der Waals surface area contributed by atoms with Crippen molar-refractivity contribution in [1.29, 1.82) is 0 Å². The second kappa shape index (κ2) is 8.57. The Balaban J connectivity index is 1.57. The third-order valence-corrected chi connectivity index (χ3v) is 4.97. The molecule has 0 radical (unpaired) electrons. The van der Waals surface area contributed by atoms with Crippen molar-refractivity contribution in [3.05, 3.63) is 86.9 Å². The largest absolute Gasteiger partial charge is 0.475 e. The number of nitro groups is 1. The van der Waals surface area contributed by atoms with Crippen LogP contribution < -0.4 is 4.74 Å². The Hall–Kier alpha value is -3.72. The van der Waals surface area contributed by atoms with Crippen LogP contribution in [0.25, 0.3) is 0 Å². The number of pyridine rings is 1. The van der Waals surface area contributed by atoms with E-state index >= 15 is 0 Å². The molecule has 2 aromatic heterocycles. The number of halogens is 1. The fraction of sp³-hybridized carbons (Fsp3) is 0.190. The van der Waals surface area contributed by atoms with Crippen LogP contribution in [0.2, 0.25) is 5.02 Å². The summed E-state index contributed by atoms with van der Waals surface area (Å²) < 4.78 is 10.9. The molecule has 0 aliphatic carbocycles. The van der Waals surface area contributed by atoms with E-state index in [1.54, 1.807) is 37.3 Å². The Morgan fingerprint density at radius 3 is 2.74 bits per heavy atom.